The molecular weight excluding hydrogens is 244 g/mol. The molecule has 2 bridgehead atoms. The van der Waals surface area contributed by atoms with Crippen LogP contribution in [0.15, 0.2) is 66.2 Å². The number of hydrazine groups is 1. The minimum Gasteiger partial charge on any atom is -0.250 e. The van der Waals surface area contributed by atoms with Crippen molar-refractivity contribution in [1.29, 1.82) is 0 Å². The summed E-state index contributed by atoms with van der Waals surface area (Å²) in [6, 6.07) is 22.5. The second-order valence-electron chi connectivity index (χ2n) is 5.53. The molecule has 100 valence electrons. The number of fused-ring (bicyclic) bond motifs is 2. The SMILES string of the molecule is c1ccc(C(=C2[C@@H]3CC[C@@H]2NN3)c2ccccc2)cc1. The first-order valence-corrected chi connectivity index (χ1v) is 7.29. The predicted molar refractivity (Wildman–Crippen MR) is 82.0 cm³/mol. The van der Waals surface area contributed by atoms with E-state index in [1.807, 2.05) is 0 Å². The first kappa shape index (κ1) is 11.9. The Kier molecular flexibility index (Phi) is 2.91. The molecule has 2 nitrogen and oxygen atoms in total. The Bertz CT molecular complexity index is 567. The van der Waals surface area contributed by atoms with Gasteiger partial charge in [-0.1, -0.05) is 60.7 Å². The summed E-state index contributed by atoms with van der Waals surface area (Å²) in [6.07, 6.45) is 2.46. The Morgan fingerprint density at radius 2 is 1.15 bits per heavy atom. The van der Waals surface area contributed by atoms with Crippen LogP contribution < -0.4 is 10.9 Å². The zero-order chi connectivity index (χ0) is 13.4. The third kappa shape index (κ3) is 1.89. The smallest absolute Gasteiger partial charge is 0.0448 e. The largest absolute Gasteiger partial charge is 0.250 e. The lowest BCUT2D eigenvalue weighted by Crippen LogP contribution is -2.37. The summed E-state index contributed by atoms with van der Waals surface area (Å²) in [5.74, 6) is 0. The average molecular weight is 262 g/mol. The van der Waals surface area contributed by atoms with Crippen molar-refractivity contribution in [2.24, 2.45) is 0 Å². The van der Waals surface area contributed by atoms with Gasteiger partial charge in [-0.15, -0.1) is 0 Å². The molecule has 2 heteroatoms. The lowest BCUT2D eigenvalue weighted by atomic mass is 9.90. The molecule has 2 atom stereocenters. The van der Waals surface area contributed by atoms with Crippen LogP contribution in [0.5, 0.6) is 0 Å². The number of benzene rings is 2. The van der Waals surface area contributed by atoms with Crippen LogP contribution in [-0.2, 0) is 0 Å². The molecule has 0 spiro atoms. The highest BCUT2D eigenvalue weighted by molar-refractivity contribution is 5.84. The fourth-order valence-electron chi connectivity index (χ4n) is 3.45. The van der Waals surface area contributed by atoms with E-state index in [9.17, 15) is 0 Å². The van der Waals surface area contributed by atoms with Crippen molar-refractivity contribution in [3.05, 3.63) is 77.4 Å². The van der Waals surface area contributed by atoms with Gasteiger partial charge in [-0.25, -0.2) is 0 Å². The monoisotopic (exact) mass is 262 g/mol. The van der Waals surface area contributed by atoms with Gasteiger partial charge in [0.15, 0.2) is 0 Å². The summed E-state index contributed by atoms with van der Waals surface area (Å²) in [5, 5.41) is 0. The van der Waals surface area contributed by atoms with Gasteiger partial charge >= 0.3 is 0 Å². The first-order chi connectivity index (χ1) is 9.93. The van der Waals surface area contributed by atoms with Crippen molar-refractivity contribution < 1.29 is 0 Å². The van der Waals surface area contributed by atoms with Gasteiger partial charge in [0.05, 0.1) is 0 Å². The Labute approximate surface area is 119 Å². The lowest BCUT2D eigenvalue weighted by molar-refractivity contribution is 0.437. The van der Waals surface area contributed by atoms with Gasteiger partial charge in [-0.05, 0) is 35.1 Å². The van der Waals surface area contributed by atoms with Crippen LogP contribution in [0.3, 0.4) is 0 Å². The molecule has 0 amide bonds. The van der Waals surface area contributed by atoms with Crippen molar-refractivity contribution in [1.82, 2.24) is 10.9 Å². The molecule has 1 saturated carbocycles. The lowest BCUT2D eigenvalue weighted by Gasteiger charge is -2.15. The molecule has 2 aromatic carbocycles. The van der Waals surface area contributed by atoms with Crippen LogP contribution in [0.1, 0.15) is 24.0 Å². The van der Waals surface area contributed by atoms with Gasteiger partial charge in [0.2, 0.25) is 0 Å². The van der Waals surface area contributed by atoms with Crippen LogP contribution in [0.25, 0.3) is 5.57 Å². The molecule has 2 aromatic rings. The Morgan fingerprint density at radius 3 is 1.55 bits per heavy atom. The van der Waals surface area contributed by atoms with Crippen molar-refractivity contribution in [2.75, 3.05) is 0 Å². The standard InChI is InChI=1S/C18H18N2/c1-3-7-13(8-4-1)17(14-9-5-2-6-10-14)18-15-11-12-16(18)20-19-15/h1-10,15-16,19-20H,11-12H2/t15-,16-/m0/s1. The molecule has 1 heterocycles. The van der Waals surface area contributed by atoms with E-state index in [2.05, 4.69) is 71.5 Å². The highest BCUT2D eigenvalue weighted by atomic mass is 15.4. The molecule has 4 rings (SSSR count). The average Bonchev–Trinajstić information content (AvgIpc) is 3.10. The Morgan fingerprint density at radius 1 is 0.700 bits per heavy atom. The van der Waals surface area contributed by atoms with Gasteiger partial charge in [-0.3, -0.25) is 10.9 Å². The van der Waals surface area contributed by atoms with E-state index >= 15 is 0 Å². The quantitative estimate of drug-likeness (QED) is 0.869. The van der Waals surface area contributed by atoms with Crippen molar-refractivity contribution in [2.45, 2.75) is 24.9 Å². The molecule has 2 N–H and O–H groups in total. The normalized spacial score (nSPS) is 24.1. The number of hydrogen-bond acceptors (Lipinski definition) is 2. The molecule has 20 heavy (non-hydrogen) atoms. The summed E-state index contributed by atoms with van der Waals surface area (Å²) >= 11 is 0. The molecule has 2 aliphatic rings. The fraction of sp³-hybridized carbons (Fsp3) is 0.222. The maximum atomic E-state index is 3.42. The molecule has 0 unspecified atom stereocenters. The van der Waals surface area contributed by atoms with E-state index in [1.54, 1.807) is 0 Å². The zero-order valence-electron chi connectivity index (χ0n) is 11.3. The molecule has 0 aromatic heterocycles. The summed E-state index contributed by atoms with van der Waals surface area (Å²) in [5.41, 5.74) is 12.4. The summed E-state index contributed by atoms with van der Waals surface area (Å²) in [4.78, 5) is 0. The van der Waals surface area contributed by atoms with Gasteiger partial charge < -0.3 is 0 Å². The summed E-state index contributed by atoms with van der Waals surface area (Å²) in [7, 11) is 0. The molecule has 1 aliphatic heterocycles. The second-order valence-corrected chi connectivity index (χ2v) is 5.53. The Hall–Kier alpha value is -1.90. The molecule has 0 radical (unpaired) electrons. The topological polar surface area (TPSA) is 24.1 Å². The highest BCUT2D eigenvalue weighted by Crippen LogP contribution is 2.38. The zero-order valence-corrected chi connectivity index (χ0v) is 11.3. The third-order valence-electron chi connectivity index (χ3n) is 4.34. The van der Waals surface area contributed by atoms with Gasteiger partial charge in [-0.2, -0.15) is 0 Å². The molecule has 2 fully saturated rings. The number of nitrogens with one attached hydrogen (secondary N) is 2. The minimum absolute atomic E-state index is 0.482. The van der Waals surface area contributed by atoms with Gasteiger partial charge in [0, 0.05) is 12.1 Å². The van der Waals surface area contributed by atoms with E-state index < -0.39 is 0 Å². The van der Waals surface area contributed by atoms with Crippen molar-refractivity contribution in [3.8, 4) is 0 Å². The highest BCUT2D eigenvalue weighted by Gasteiger charge is 2.38. The first-order valence-electron chi connectivity index (χ1n) is 7.29. The van der Waals surface area contributed by atoms with E-state index in [0.29, 0.717) is 12.1 Å². The van der Waals surface area contributed by atoms with Crippen LogP contribution >= 0.6 is 0 Å². The number of rotatable bonds is 2. The molecule has 1 saturated heterocycles. The van der Waals surface area contributed by atoms with E-state index in [0.717, 1.165) is 0 Å². The molecular formula is C18H18N2. The summed E-state index contributed by atoms with van der Waals surface area (Å²) in [6.45, 7) is 0. The van der Waals surface area contributed by atoms with E-state index in [-0.39, 0.29) is 0 Å². The second kappa shape index (κ2) is 4.89. The van der Waals surface area contributed by atoms with Crippen LogP contribution in [-0.4, -0.2) is 12.1 Å². The Balaban J connectivity index is 1.93. The fourth-order valence-corrected chi connectivity index (χ4v) is 3.45. The van der Waals surface area contributed by atoms with E-state index in [1.165, 1.54) is 35.1 Å². The van der Waals surface area contributed by atoms with Gasteiger partial charge in [0.25, 0.3) is 0 Å². The molecule has 1 aliphatic carbocycles. The van der Waals surface area contributed by atoms with Crippen LogP contribution in [0, 0.1) is 0 Å². The maximum Gasteiger partial charge on any atom is 0.0448 e. The summed E-state index contributed by atoms with van der Waals surface area (Å²) < 4.78 is 0. The van der Waals surface area contributed by atoms with Crippen LogP contribution in [0.2, 0.25) is 0 Å². The predicted octanol–water partition coefficient (Wildman–Crippen LogP) is 3.13. The van der Waals surface area contributed by atoms with Crippen molar-refractivity contribution >= 4 is 5.57 Å². The minimum atomic E-state index is 0.482. The number of hydrogen-bond donors (Lipinski definition) is 2. The van der Waals surface area contributed by atoms with Crippen LogP contribution in [0.4, 0.5) is 0 Å². The van der Waals surface area contributed by atoms with E-state index in [4.69, 9.17) is 0 Å². The third-order valence-corrected chi connectivity index (χ3v) is 4.34. The van der Waals surface area contributed by atoms with Gasteiger partial charge in [0.1, 0.15) is 0 Å². The maximum absolute atomic E-state index is 3.42. The van der Waals surface area contributed by atoms with Crippen molar-refractivity contribution in [3.63, 3.8) is 0 Å².